The van der Waals surface area contributed by atoms with Gasteiger partial charge in [-0.1, -0.05) is 23.7 Å². The second kappa shape index (κ2) is 8.30. The number of rotatable bonds is 4. The molecule has 1 aliphatic rings. The second-order valence-electron chi connectivity index (χ2n) is 7.38. The number of carbonyl (C=O) groups excluding carboxylic acids is 1. The first-order valence-corrected chi connectivity index (χ1v) is 10.0. The van der Waals surface area contributed by atoms with Crippen LogP contribution < -0.4 is 16.0 Å². The normalized spacial score (nSPS) is 17.8. The molecule has 1 saturated carbocycles. The van der Waals surface area contributed by atoms with Crippen LogP contribution in [0.4, 0.5) is 22.0 Å². The van der Waals surface area contributed by atoms with Gasteiger partial charge in [0.25, 0.3) is 0 Å². The van der Waals surface area contributed by atoms with Crippen LogP contribution in [0.3, 0.4) is 0 Å². The van der Waals surface area contributed by atoms with Crippen molar-refractivity contribution in [2.24, 2.45) is 0 Å². The number of aliphatic hydroxyl groups excluding tert-OH is 1. The highest BCUT2D eigenvalue weighted by Crippen LogP contribution is 2.34. The molecule has 0 saturated heterocycles. The van der Waals surface area contributed by atoms with Gasteiger partial charge in [0.15, 0.2) is 5.82 Å². The fourth-order valence-corrected chi connectivity index (χ4v) is 3.63. The van der Waals surface area contributed by atoms with E-state index in [9.17, 15) is 9.90 Å². The first-order valence-electron chi connectivity index (χ1n) is 9.65. The number of aryl methyl sites for hydroxylation is 1. The molecule has 2 atom stereocenters. The highest BCUT2D eigenvalue weighted by atomic mass is 35.5. The molecule has 1 fully saturated rings. The smallest absolute Gasteiger partial charge is 0.327 e. The Hall–Kier alpha value is -3.16. The number of amides is 2. The summed E-state index contributed by atoms with van der Waals surface area (Å²) in [5.41, 5.74) is 9.47. The molecule has 1 unspecified atom stereocenters. The van der Waals surface area contributed by atoms with Crippen LogP contribution in [0.2, 0.25) is 5.02 Å². The van der Waals surface area contributed by atoms with Crippen molar-refractivity contribution in [1.82, 2.24) is 9.97 Å². The highest BCUT2D eigenvalue weighted by Gasteiger charge is 2.39. The number of halogens is 1. The Labute approximate surface area is 179 Å². The highest BCUT2D eigenvalue weighted by molar-refractivity contribution is 6.30. The fourth-order valence-electron chi connectivity index (χ4n) is 3.44. The lowest BCUT2D eigenvalue weighted by molar-refractivity contribution is 0.0676. The summed E-state index contributed by atoms with van der Waals surface area (Å²) in [5.74, 6) is 0.300. The van der Waals surface area contributed by atoms with Crippen molar-refractivity contribution in [2.45, 2.75) is 31.9 Å². The minimum Gasteiger partial charge on any atom is -0.396 e. The Morgan fingerprint density at radius 2 is 2.07 bits per heavy atom. The van der Waals surface area contributed by atoms with E-state index in [0.29, 0.717) is 40.8 Å². The molecule has 0 spiro atoms. The molecule has 154 valence electrons. The summed E-state index contributed by atoms with van der Waals surface area (Å²) in [5, 5.41) is 13.7. The van der Waals surface area contributed by atoms with E-state index < -0.39 is 18.2 Å². The minimum absolute atomic E-state index is 0.300. The zero-order valence-electron chi connectivity index (χ0n) is 16.4. The molecule has 0 bridgehead atoms. The van der Waals surface area contributed by atoms with Gasteiger partial charge in [0, 0.05) is 16.8 Å². The van der Waals surface area contributed by atoms with Gasteiger partial charge in [-0.05, 0) is 55.7 Å². The Morgan fingerprint density at radius 3 is 2.73 bits per heavy atom. The first-order chi connectivity index (χ1) is 14.4. The number of anilines is 3. The maximum Gasteiger partial charge on any atom is 0.327 e. The lowest BCUT2D eigenvalue weighted by Crippen LogP contribution is -2.55. The fraction of sp³-hybridized carbons (Fsp3) is 0.227. The van der Waals surface area contributed by atoms with Crippen molar-refractivity contribution in [1.29, 1.82) is 0 Å². The number of nitrogens with two attached hydrogens (primary N) is 1. The molecule has 2 amide bonds. The van der Waals surface area contributed by atoms with Crippen LogP contribution in [0.25, 0.3) is 11.3 Å². The molecule has 2 heterocycles. The summed E-state index contributed by atoms with van der Waals surface area (Å²) in [7, 11) is 0. The van der Waals surface area contributed by atoms with Crippen molar-refractivity contribution in [2.75, 3.05) is 16.0 Å². The predicted octanol–water partition coefficient (Wildman–Crippen LogP) is 4.25. The third-order valence-electron chi connectivity index (χ3n) is 5.13. The van der Waals surface area contributed by atoms with E-state index in [4.69, 9.17) is 17.3 Å². The van der Waals surface area contributed by atoms with E-state index in [1.165, 1.54) is 4.90 Å². The average Bonchev–Trinajstić information content (AvgIpc) is 2.71. The number of nitrogens with zero attached hydrogens (tertiary/aromatic N) is 3. The Morgan fingerprint density at radius 1 is 1.23 bits per heavy atom. The average molecular weight is 424 g/mol. The molecule has 8 heteroatoms. The largest absolute Gasteiger partial charge is 0.396 e. The van der Waals surface area contributed by atoms with E-state index in [1.807, 2.05) is 25.1 Å². The van der Waals surface area contributed by atoms with Crippen molar-refractivity contribution >= 4 is 34.8 Å². The van der Waals surface area contributed by atoms with Crippen molar-refractivity contribution < 1.29 is 9.90 Å². The summed E-state index contributed by atoms with van der Waals surface area (Å²) < 4.78 is 0. The number of urea groups is 1. The van der Waals surface area contributed by atoms with Crippen molar-refractivity contribution in [3.8, 4) is 11.3 Å². The van der Waals surface area contributed by atoms with Gasteiger partial charge in [0.05, 0.1) is 35.4 Å². The molecule has 7 nitrogen and oxygen atoms in total. The maximum absolute atomic E-state index is 13.2. The summed E-state index contributed by atoms with van der Waals surface area (Å²) in [4.78, 5) is 23.4. The van der Waals surface area contributed by atoms with E-state index in [0.717, 1.165) is 11.1 Å². The molecule has 1 aromatic carbocycles. The molecule has 30 heavy (non-hydrogen) atoms. The molecule has 1 aliphatic carbocycles. The van der Waals surface area contributed by atoms with Gasteiger partial charge in [0.1, 0.15) is 0 Å². The minimum atomic E-state index is -0.637. The summed E-state index contributed by atoms with van der Waals surface area (Å²) in [6, 6.07) is 11.8. The third kappa shape index (κ3) is 4.08. The molecule has 3 aromatic rings. The van der Waals surface area contributed by atoms with Crippen molar-refractivity contribution in [3.05, 3.63) is 65.4 Å². The number of hydrogen-bond acceptors (Lipinski definition) is 5. The van der Waals surface area contributed by atoms with Gasteiger partial charge in [-0.2, -0.15) is 0 Å². The third-order valence-corrected chi connectivity index (χ3v) is 5.37. The topological polar surface area (TPSA) is 104 Å². The number of benzene rings is 1. The molecular weight excluding hydrogens is 402 g/mol. The number of aliphatic hydroxyl groups is 1. The lowest BCUT2D eigenvalue weighted by Gasteiger charge is -2.41. The molecule has 2 aromatic heterocycles. The van der Waals surface area contributed by atoms with Crippen LogP contribution in [-0.2, 0) is 0 Å². The number of carbonyl (C=O) groups is 1. The van der Waals surface area contributed by atoms with Gasteiger partial charge in [-0.15, -0.1) is 0 Å². The standard InChI is InChI=1S/C22H22ClN5O2/c1-13-9-16(12-25-11-13)26-22(30)28(19-7-8-20(19)29)21-17(24)5-6-18(27-21)14-3-2-4-15(23)10-14/h2-6,9-12,19-20,29H,7-8,24H2,1H3,(H,26,30)/t19?,20-/m1/s1. The molecule has 4 rings (SSSR count). The summed E-state index contributed by atoms with van der Waals surface area (Å²) in [6.45, 7) is 1.89. The molecule has 4 N–H and O–H groups in total. The predicted molar refractivity (Wildman–Crippen MR) is 119 cm³/mol. The number of aromatic nitrogens is 2. The van der Waals surface area contributed by atoms with Crippen LogP contribution in [0.15, 0.2) is 54.9 Å². The van der Waals surface area contributed by atoms with Crippen LogP contribution >= 0.6 is 11.6 Å². The molecule has 0 radical (unpaired) electrons. The van der Waals surface area contributed by atoms with E-state index in [2.05, 4.69) is 15.3 Å². The Bertz CT molecular complexity index is 1090. The van der Waals surface area contributed by atoms with E-state index >= 15 is 0 Å². The number of hydrogen-bond donors (Lipinski definition) is 3. The number of nitrogen functional groups attached to an aromatic ring is 1. The summed E-state index contributed by atoms with van der Waals surface area (Å²) >= 11 is 6.12. The summed E-state index contributed by atoms with van der Waals surface area (Å²) in [6.07, 6.45) is 3.91. The van der Waals surface area contributed by atoms with Crippen LogP contribution in [-0.4, -0.2) is 33.3 Å². The van der Waals surface area contributed by atoms with Gasteiger partial charge < -0.3 is 16.2 Å². The van der Waals surface area contributed by atoms with Gasteiger partial charge in [-0.3, -0.25) is 9.88 Å². The second-order valence-corrected chi connectivity index (χ2v) is 7.82. The van der Waals surface area contributed by atoms with Gasteiger partial charge in [0.2, 0.25) is 0 Å². The van der Waals surface area contributed by atoms with Crippen LogP contribution in [0.1, 0.15) is 18.4 Å². The Balaban J connectivity index is 1.72. The maximum atomic E-state index is 13.2. The number of nitrogens with one attached hydrogen (secondary N) is 1. The van der Waals surface area contributed by atoms with Gasteiger partial charge in [-0.25, -0.2) is 9.78 Å². The van der Waals surface area contributed by atoms with E-state index in [1.54, 1.807) is 36.7 Å². The molecule has 0 aliphatic heterocycles. The SMILES string of the molecule is Cc1cncc(NC(=O)N(c2nc(-c3cccc(Cl)c3)ccc2N)C2CC[C@H]2O)c1. The monoisotopic (exact) mass is 423 g/mol. The van der Waals surface area contributed by atoms with Crippen LogP contribution in [0.5, 0.6) is 0 Å². The quantitative estimate of drug-likeness (QED) is 0.581. The lowest BCUT2D eigenvalue weighted by atomic mass is 9.87. The van der Waals surface area contributed by atoms with Crippen LogP contribution in [0, 0.1) is 6.92 Å². The Kier molecular flexibility index (Phi) is 5.57. The zero-order chi connectivity index (χ0) is 21.3. The first kappa shape index (κ1) is 20.1. The van der Waals surface area contributed by atoms with Crippen molar-refractivity contribution in [3.63, 3.8) is 0 Å². The van der Waals surface area contributed by atoms with Gasteiger partial charge >= 0.3 is 6.03 Å². The zero-order valence-corrected chi connectivity index (χ0v) is 17.2. The molecular formula is C22H22ClN5O2. The van der Waals surface area contributed by atoms with E-state index in [-0.39, 0.29) is 0 Å². The number of pyridine rings is 2.